The zero-order valence-electron chi connectivity index (χ0n) is 10.8. The largest absolute Gasteiger partial charge is 0.384 e. The molecule has 0 saturated carbocycles. The number of fused-ring (bicyclic) bond motifs is 1. The summed E-state index contributed by atoms with van der Waals surface area (Å²) < 4.78 is 13.2. The van der Waals surface area contributed by atoms with Gasteiger partial charge in [-0.3, -0.25) is 5.41 Å². The van der Waals surface area contributed by atoms with E-state index in [9.17, 15) is 4.39 Å². The van der Waals surface area contributed by atoms with Crippen molar-refractivity contribution in [2.75, 3.05) is 0 Å². The van der Waals surface area contributed by atoms with Gasteiger partial charge in [0.25, 0.3) is 0 Å². The summed E-state index contributed by atoms with van der Waals surface area (Å²) in [6, 6.07) is 8.32. The number of nitrogens with zero attached hydrogens (tertiary/aromatic N) is 1. The zero-order valence-corrected chi connectivity index (χ0v) is 11.6. The minimum Gasteiger partial charge on any atom is -0.384 e. The van der Waals surface area contributed by atoms with Gasteiger partial charge < -0.3 is 5.73 Å². The van der Waals surface area contributed by atoms with Crippen LogP contribution in [0.4, 0.5) is 4.39 Å². The van der Waals surface area contributed by atoms with Gasteiger partial charge in [-0.2, -0.15) is 0 Å². The molecule has 1 aromatic heterocycles. The van der Waals surface area contributed by atoms with Crippen LogP contribution in [0.1, 0.15) is 23.2 Å². The van der Waals surface area contributed by atoms with Gasteiger partial charge in [-0.15, -0.1) is 0 Å². The average molecular weight is 287 g/mol. The Morgan fingerprint density at radius 1 is 1.30 bits per heavy atom. The first-order chi connectivity index (χ1) is 9.63. The first kappa shape index (κ1) is 13.1. The third-order valence-corrected chi connectivity index (χ3v) is 4.31. The molecule has 3 rings (SSSR count). The van der Waals surface area contributed by atoms with Gasteiger partial charge in [-0.1, -0.05) is 17.8 Å². The molecule has 0 spiro atoms. The first-order valence-corrected chi connectivity index (χ1v) is 7.26. The molecule has 0 saturated heterocycles. The molecule has 3 N–H and O–H groups in total. The number of halogens is 1. The lowest BCUT2D eigenvalue weighted by Gasteiger charge is -2.10. The highest BCUT2D eigenvalue weighted by atomic mass is 32.2. The number of hydrogen-bond acceptors (Lipinski definition) is 3. The van der Waals surface area contributed by atoms with Crippen molar-refractivity contribution in [2.24, 2.45) is 5.73 Å². The van der Waals surface area contributed by atoms with Crippen LogP contribution in [0.3, 0.4) is 0 Å². The van der Waals surface area contributed by atoms with Crippen LogP contribution in [0, 0.1) is 11.2 Å². The number of hydrogen-bond donors (Lipinski definition) is 2. The van der Waals surface area contributed by atoms with Gasteiger partial charge >= 0.3 is 0 Å². The number of pyridine rings is 1. The fourth-order valence-electron chi connectivity index (χ4n) is 2.37. The summed E-state index contributed by atoms with van der Waals surface area (Å²) >= 11 is 1.35. The molecule has 0 fully saturated rings. The zero-order chi connectivity index (χ0) is 14.1. The molecule has 0 bridgehead atoms. The number of nitrogen functional groups attached to an aromatic ring is 1. The Hall–Kier alpha value is -1.88. The minimum atomic E-state index is -0.277. The Kier molecular flexibility index (Phi) is 3.44. The number of rotatable bonds is 3. The molecule has 0 unspecified atom stereocenters. The highest BCUT2D eigenvalue weighted by Gasteiger charge is 2.18. The summed E-state index contributed by atoms with van der Waals surface area (Å²) in [5.74, 6) is -0.272. The standard InChI is InChI=1S/C15H14FN3S/c16-10-4-2-5-11(8-10)20-15-12(14(17)18)7-9-3-1-6-13(9)19-15/h2,4-5,7-8H,1,3,6H2,(H3,17,18). The van der Waals surface area contributed by atoms with Crippen molar-refractivity contribution >= 4 is 17.6 Å². The Balaban J connectivity index is 2.01. The molecule has 3 nitrogen and oxygen atoms in total. The number of benzene rings is 1. The second kappa shape index (κ2) is 5.25. The van der Waals surface area contributed by atoms with Gasteiger partial charge in [0.05, 0.1) is 0 Å². The SMILES string of the molecule is N=C(N)c1cc2c(nc1Sc1cccc(F)c1)CCC2. The highest BCUT2D eigenvalue weighted by molar-refractivity contribution is 7.99. The van der Waals surface area contributed by atoms with Crippen molar-refractivity contribution in [1.29, 1.82) is 5.41 Å². The minimum absolute atomic E-state index is 0.00565. The lowest BCUT2D eigenvalue weighted by Crippen LogP contribution is -2.14. The van der Waals surface area contributed by atoms with Crippen molar-refractivity contribution in [1.82, 2.24) is 4.98 Å². The van der Waals surface area contributed by atoms with Crippen LogP contribution < -0.4 is 5.73 Å². The average Bonchev–Trinajstić information content (AvgIpc) is 2.84. The predicted molar refractivity (Wildman–Crippen MR) is 77.8 cm³/mol. The smallest absolute Gasteiger partial charge is 0.125 e. The summed E-state index contributed by atoms with van der Waals surface area (Å²) in [6.07, 6.45) is 3.05. The maximum atomic E-state index is 13.2. The highest BCUT2D eigenvalue weighted by Crippen LogP contribution is 2.32. The quantitative estimate of drug-likeness (QED) is 0.673. The molecular weight excluding hydrogens is 273 g/mol. The number of amidine groups is 1. The summed E-state index contributed by atoms with van der Waals surface area (Å²) in [7, 11) is 0. The fourth-order valence-corrected chi connectivity index (χ4v) is 3.34. The number of aryl methyl sites for hydroxylation is 2. The Morgan fingerprint density at radius 3 is 2.90 bits per heavy atom. The Morgan fingerprint density at radius 2 is 2.15 bits per heavy atom. The van der Waals surface area contributed by atoms with E-state index in [1.807, 2.05) is 12.1 Å². The fraction of sp³-hybridized carbons (Fsp3) is 0.200. The molecule has 1 aliphatic carbocycles. The van der Waals surface area contributed by atoms with Gasteiger partial charge in [-0.25, -0.2) is 9.37 Å². The lowest BCUT2D eigenvalue weighted by molar-refractivity contribution is 0.624. The molecule has 1 heterocycles. The molecule has 1 aromatic carbocycles. The van der Waals surface area contributed by atoms with E-state index in [4.69, 9.17) is 11.1 Å². The summed E-state index contributed by atoms with van der Waals surface area (Å²) in [6.45, 7) is 0. The van der Waals surface area contributed by atoms with E-state index >= 15 is 0 Å². The molecule has 0 atom stereocenters. The van der Waals surface area contributed by atoms with Crippen LogP contribution in [0.2, 0.25) is 0 Å². The van der Waals surface area contributed by atoms with Crippen molar-refractivity contribution in [2.45, 2.75) is 29.2 Å². The van der Waals surface area contributed by atoms with Gasteiger partial charge in [0.2, 0.25) is 0 Å². The van der Waals surface area contributed by atoms with Crippen molar-refractivity contribution in [3.05, 3.63) is 53.0 Å². The summed E-state index contributed by atoms with van der Waals surface area (Å²) in [4.78, 5) is 5.38. The molecule has 2 aromatic rings. The molecular formula is C15H14FN3S. The third kappa shape index (κ3) is 2.54. The summed E-state index contributed by atoms with van der Waals surface area (Å²) in [5.41, 5.74) is 8.54. The van der Waals surface area contributed by atoms with E-state index < -0.39 is 0 Å². The lowest BCUT2D eigenvalue weighted by atomic mass is 10.1. The van der Waals surface area contributed by atoms with Crippen LogP contribution in [0.25, 0.3) is 0 Å². The number of nitrogens with one attached hydrogen (secondary N) is 1. The van der Waals surface area contributed by atoms with Crippen molar-refractivity contribution < 1.29 is 4.39 Å². The molecule has 0 aliphatic heterocycles. The topological polar surface area (TPSA) is 62.8 Å². The van der Waals surface area contributed by atoms with Gasteiger partial charge in [0.15, 0.2) is 0 Å². The molecule has 5 heteroatoms. The molecule has 20 heavy (non-hydrogen) atoms. The normalized spacial score (nSPS) is 13.2. The van der Waals surface area contributed by atoms with Crippen molar-refractivity contribution in [3.63, 3.8) is 0 Å². The summed E-state index contributed by atoms with van der Waals surface area (Å²) in [5, 5.41) is 8.38. The maximum absolute atomic E-state index is 13.2. The van der Waals surface area contributed by atoms with Crippen LogP contribution in [0.15, 0.2) is 40.3 Å². The molecule has 1 aliphatic rings. The molecule has 0 amide bonds. The maximum Gasteiger partial charge on any atom is 0.125 e. The van der Waals surface area contributed by atoms with E-state index in [1.165, 1.54) is 29.5 Å². The van der Waals surface area contributed by atoms with Crippen LogP contribution in [0.5, 0.6) is 0 Å². The van der Waals surface area contributed by atoms with Crippen LogP contribution in [-0.4, -0.2) is 10.8 Å². The van der Waals surface area contributed by atoms with E-state index in [1.54, 1.807) is 6.07 Å². The van der Waals surface area contributed by atoms with Crippen LogP contribution in [-0.2, 0) is 12.8 Å². The van der Waals surface area contributed by atoms with E-state index in [2.05, 4.69) is 4.98 Å². The van der Waals surface area contributed by atoms with E-state index in [0.717, 1.165) is 29.9 Å². The Bertz CT molecular complexity index is 685. The van der Waals surface area contributed by atoms with Crippen LogP contribution >= 0.6 is 11.8 Å². The first-order valence-electron chi connectivity index (χ1n) is 6.44. The van der Waals surface area contributed by atoms with Gasteiger partial charge in [-0.05, 0) is 49.1 Å². The second-order valence-corrected chi connectivity index (χ2v) is 5.84. The Labute approximate surface area is 120 Å². The third-order valence-electron chi connectivity index (χ3n) is 3.32. The van der Waals surface area contributed by atoms with Crippen molar-refractivity contribution in [3.8, 4) is 0 Å². The monoisotopic (exact) mass is 287 g/mol. The molecule has 0 radical (unpaired) electrons. The molecule has 102 valence electrons. The van der Waals surface area contributed by atoms with E-state index in [-0.39, 0.29) is 11.7 Å². The van der Waals surface area contributed by atoms with Gasteiger partial charge in [0, 0.05) is 16.2 Å². The number of aromatic nitrogens is 1. The predicted octanol–water partition coefficient (Wildman–Crippen LogP) is 3.14. The second-order valence-electron chi connectivity index (χ2n) is 4.77. The van der Waals surface area contributed by atoms with Gasteiger partial charge in [0.1, 0.15) is 16.7 Å². The number of nitrogens with two attached hydrogens (primary N) is 1. The van der Waals surface area contributed by atoms with E-state index in [0.29, 0.717) is 10.6 Å².